The van der Waals surface area contributed by atoms with E-state index >= 15 is 0 Å². The summed E-state index contributed by atoms with van der Waals surface area (Å²) in [6.07, 6.45) is 16.3. The van der Waals surface area contributed by atoms with Gasteiger partial charge in [0.1, 0.15) is 45.6 Å². The zero-order valence-corrected chi connectivity index (χ0v) is 27.9. The van der Waals surface area contributed by atoms with E-state index in [0.717, 1.165) is 103 Å². The summed E-state index contributed by atoms with van der Waals surface area (Å²) in [5.41, 5.74) is 0.456. The molecule has 0 spiro atoms. The molecule has 0 saturated heterocycles. The molecule has 0 aliphatic carbocycles. The number of hydrogen-bond acceptors (Lipinski definition) is 7. The smallest absolute Gasteiger partial charge is 0.208 e. The fraction of sp³-hybridized carbons (Fsp3) is 0.649. The molecular weight excluding hydrogens is 556 g/mol. The van der Waals surface area contributed by atoms with Gasteiger partial charge in [-0.1, -0.05) is 105 Å². The number of ether oxygens (including phenoxy) is 4. The van der Waals surface area contributed by atoms with Crippen molar-refractivity contribution >= 4 is 5.78 Å². The molecule has 0 fully saturated rings. The quantitative estimate of drug-likeness (QED) is 0.0804. The van der Waals surface area contributed by atoms with Crippen LogP contribution in [-0.2, 0) is 0 Å². The Hall–Kier alpha value is -3.09. The maximum atomic E-state index is 14.6. The summed E-state index contributed by atoms with van der Waals surface area (Å²) in [7, 11) is 0. The number of unbranched alkanes of at least 4 members (excludes halogenated alkanes) is 12. The fourth-order valence-corrected chi connectivity index (χ4v) is 5.02. The van der Waals surface area contributed by atoms with Crippen molar-refractivity contribution in [1.82, 2.24) is 0 Å². The SMILES string of the molecule is CCCCCCOc1cc(O)cc(OCCCCCC)c1C(=O)c1c(OCCCCCC)cc(O)cc1OCCCCCC. The van der Waals surface area contributed by atoms with Crippen LogP contribution in [0.15, 0.2) is 24.3 Å². The van der Waals surface area contributed by atoms with Gasteiger partial charge in [-0.25, -0.2) is 0 Å². The van der Waals surface area contributed by atoms with Crippen LogP contribution in [0.2, 0.25) is 0 Å². The molecule has 248 valence electrons. The van der Waals surface area contributed by atoms with Crippen LogP contribution in [0.25, 0.3) is 0 Å². The lowest BCUT2D eigenvalue weighted by Gasteiger charge is -2.20. The molecule has 7 nitrogen and oxygen atoms in total. The predicted octanol–water partition coefficient (Wildman–Crippen LogP) is 10.2. The molecule has 0 radical (unpaired) electrons. The molecule has 0 unspecified atom stereocenters. The van der Waals surface area contributed by atoms with E-state index in [9.17, 15) is 15.0 Å². The molecule has 2 aromatic carbocycles. The minimum Gasteiger partial charge on any atom is -0.508 e. The van der Waals surface area contributed by atoms with Crippen molar-refractivity contribution in [2.24, 2.45) is 0 Å². The predicted molar refractivity (Wildman–Crippen MR) is 178 cm³/mol. The number of ketones is 1. The number of carbonyl (C=O) groups is 1. The zero-order valence-electron chi connectivity index (χ0n) is 27.9. The fourth-order valence-electron chi connectivity index (χ4n) is 5.02. The third-order valence-electron chi connectivity index (χ3n) is 7.58. The molecule has 44 heavy (non-hydrogen) atoms. The van der Waals surface area contributed by atoms with Gasteiger partial charge in [-0.3, -0.25) is 4.79 Å². The minimum atomic E-state index is -0.385. The first-order valence-corrected chi connectivity index (χ1v) is 17.3. The second kappa shape index (κ2) is 22.4. The van der Waals surface area contributed by atoms with Crippen molar-refractivity contribution in [2.75, 3.05) is 26.4 Å². The van der Waals surface area contributed by atoms with Crippen LogP contribution >= 0.6 is 0 Å². The third kappa shape index (κ3) is 13.3. The summed E-state index contributed by atoms with van der Waals surface area (Å²) in [6.45, 7) is 10.3. The highest BCUT2D eigenvalue weighted by atomic mass is 16.5. The van der Waals surface area contributed by atoms with Gasteiger partial charge in [-0.2, -0.15) is 0 Å². The van der Waals surface area contributed by atoms with E-state index in [1.165, 1.54) is 24.3 Å². The van der Waals surface area contributed by atoms with Crippen LogP contribution in [0.3, 0.4) is 0 Å². The van der Waals surface area contributed by atoms with Crippen LogP contribution in [0.1, 0.15) is 146 Å². The van der Waals surface area contributed by atoms with Gasteiger partial charge in [0.15, 0.2) is 0 Å². The van der Waals surface area contributed by atoms with Gasteiger partial charge in [0.2, 0.25) is 5.78 Å². The van der Waals surface area contributed by atoms with Crippen LogP contribution < -0.4 is 18.9 Å². The average molecular weight is 615 g/mol. The molecule has 7 heteroatoms. The topological polar surface area (TPSA) is 94.5 Å². The van der Waals surface area contributed by atoms with Crippen molar-refractivity contribution in [3.8, 4) is 34.5 Å². The second-order valence-corrected chi connectivity index (χ2v) is 11.6. The molecule has 2 N–H and O–H groups in total. The molecule has 0 heterocycles. The van der Waals surface area contributed by atoms with Crippen LogP contribution in [0.5, 0.6) is 34.5 Å². The lowest BCUT2D eigenvalue weighted by molar-refractivity contribution is 0.102. The lowest BCUT2D eigenvalue weighted by atomic mass is 9.98. The first-order valence-electron chi connectivity index (χ1n) is 17.3. The van der Waals surface area contributed by atoms with Crippen LogP contribution in [0.4, 0.5) is 0 Å². The number of benzene rings is 2. The average Bonchev–Trinajstić information content (AvgIpc) is 3.00. The highest BCUT2D eigenvalue weighted by Crippen LogP contribution is 2.42. The Kier molecular flexibility index (Phi) is 18.9. The highest BCUT2D eigenvalue weighted by Gasteiger charge is 2.29. The molecule has 2 rings (SSSR count). The van der Waals surface area contributed by atoms with E-state index < -0.39 is 0 Å². The molecule has 0 aromatic heterocycles. The van der Waals surface area contributed by atoms with E-state index in [2.05, 4.69) is 27.7 Å². The number of rotatable bonds is 26. The Morgan fingerprint density at radius 3 is 0.932 bits per heavy atom. The maximum Gasteiger partial charge on any atom is 0.208 e. The van der Waals surface area contributed by atoms with Crippen LogP contribution in [0, 0.1) is 0 Å². The van der Waals surface area contributed by atoms with E-state index in [0.29, 0.717) is 26.4 Å². The number of phenols is 2. The summed E-state index contributed by atoms with van der Waals surface area (Å²) >= 11 is 0. The first-order chi connectivity index (χ1) is 21.5. The van der Waals surface area contributed by atoms with Crippen molar-refractivity contribution < 1.29 is 34.0 Å². The van der Waals surface area contributed by atoms with Crippen molar-refractivity contribution in [1.29, 1.82) is 0 Å². The summed E-state index contributed by atoms with van der Waals surface area (Å²) < 4.78 is 24.6. The Morgan fingerprint density at radius 2 is 0.705 bits per heavy atom. The standard InChI is InChI=1S/C37H58O7/c1-5-9-13-17-21-41-31-25-29(38)26-32(42-22-18-14-10-6-2)35(31)37(40)36-33(43-23-19-15-11-7-3)27-30(39)28-34(36)44-24-20-16-12-8-4/h25-28,38-39H,5-24H2,1-4H3. The van der Waals surface area contributed by atoms with Crippen molar-refractivity contribution in [3.05, 3.63) is 35.4 Å². The maximum absolute atomic E-state index is 14.6. The Bertz CT molecular complexity index is 928. The van der Waals surface area contributed by atoms with E-state index in [1.54, 1.807) is 0 Å². The largest absolute Gasteiger partial charge is 0.508 e. The van der Waals surface area contributed by atoms with Gasteiger partial charge in [-0.05, 0) is 25.7 Å². The summed E-state index contributed by atoms with van der Waals surface area (Å²) in [4.78, 5) is 14.6. The van der Waals surface area contributed by atoms with Crippen LogP contribution in [-0.4, -0.2) is 42.4 Å². The number of hydrogen-bond donors (Lipinski definition) is 2. The Balaban J connectivity index is 2.53. The molecular formula is C37H58O7. The summed E-state index contributed by atoms with van der Waals surface area (Å²) in [5, 5.41) is 21.2. The van der Waals surface area contributed by atoms with Gasteiger partial charge in [0, 0.05) is 24.3 Å². The zero-order chi connectivity index (χ0) is 32.0. The monoisotopic (exact) mass is 614 g/mol. The van der Waals surface area contributed by atoms with Gasteiger partial charge in [-0.15, -0.1) is 0 Å². The van der Waals surface area contributed by atoms with Crippen molar-refractivity contribution in [3.63, 3.8) is 0 Å². The molecule has 0 aliphatic rings. The second-order valence-electron chi connectivity index (χ2n) is 11.6. The highest BCUT2D eigenvalue weighted by molar-refractivity contribution is 6.16. The normalized spacial score (nSPS) is 11.0. The lowest BCUT2D eigenvalue weighted by Crippen LogP contribution is -2.14. The molecule has 0 atom stereocenters. The van der Waals surface area contributed by atoms with Crippen molar-refractivity contribution in [2.45, 2.75) is 130 Å². The minimum absolute atomic E-state index is 0.0285. The van der Waals surface area contributed by atoms with Gasteiger partial charge in [0.05, 0.1) is 26.4 Å². The summed E-state index contributed by atoms with van der Waals surface area (Å²) in [6, 6.07) is 5.92. The molecule has 0 aliphatic heterocycles. The van der Waals surface area contributed by atoms with E-state index in [1.807, 2.05) is 0 Å². The Morgan fingerprint density at radius 1 is 0.455 bits per heavy atom. The van der Waals surface area contributed by atoms with Gasteiger partial charge >= 0.3 is 0 Å². The third-order valence-corrected chi connectivity index (χ3v) is 7.58. The molecule has 2 aromatic rings. The summed E-state index contributed by atoms with van der Waals surface area (Å²) in [5.74, 6) is 0.635. The molecule has 0 amide bonds. The number of phenolic OH excluding ortho intramolecular Hbond substituents is 2. The Labute approximate surface area is 266 Å². The van der Waals surface area contributed by atoms with E-state index in [-0.39, 0.29) is 51.4 Å². The van der Waals surface area contributed by atoms with Gasteiger partial charge in [0.25, 0.3) is 0 Å². The molecule has 0 bridgehead atoms. The van der Waals surface area contributed by atoms with E-state index in [4.69, 9.17) is 18.9 Å². The molecule has 0 saturated carbocycles. The van der Waals surface area contributed by atoms with Gasteiger partial charge < -0.3 is 29.2 Å². The number of aromatic hydroxyl groups is 2. The first kappa shape index (κ1) is 37.1. The number of carbonyl (C=O) groups excluding carboxylic acids is 1.